The van der Waals surface area contributed by atoms with E-state index in [1.807, 2.05) is 11.2 Å². The molecule has 1 aromatic carbocycles. The van der Waals surface area contributed by atoms with Gasteiger partial charge in [0, 0.05) is 25.2 Å². The third kappa shape index (κ3) is 3.21. The second kappa shape index (κ2) is 6.46. The smallest absolute Gasteiger partial charge is 0.356 e. The molecule has 0 atom stereocenters. The molecule has 8 heteroatoms. The fourth-order valence-electron chi connectivity index (χ4n) is 4.06. The summed E-state index contributed by atoms with van der Waals surface area (Å²) < 4.78 is 40.9. The molecule has 0 spiro atoms. The van der Waals surface area contributed by atoms with Crippen LogP contribution in [0.4, 0.5) is 19.0 Å². The van der Waals surface area contributed by atoms with Crippen LogP contribution in [0.2, 0.25) is 0 Å². The summed E-state index contributed by atoms with van der Waals surface area (Å²) in [5, 5.41) is 0. The van der Waals surface area contributed by atoms with Crippen LogP contribution >= 0.6 is 0 Å². The van der Waals surface area contributed by atoms with Gasteiger partial charge in [0.15, 0.2) is 0 Å². The van der Waals surface area contributed by atoms with Crippen LogP contribution in [0.15, 0.2) is 36.9 Å². The molecule has 0 N–H and O–H groups in total. The number of hydrogen-bond donors (Lipinski definition) is 0. The highest BCUT2D eigenvalue weighted by molar-refractivity contribution is 5.76. The van der Waals surface area contributed by atoms with E-state index in [2.05, 4.69) is 37.7 Å². The zero-order chi connectivity index (χ0) is 19.3. The first kappa shape index (κ1) is 17.5. The molecule has 0 bridgehead atoms. The molecular weight excluding hydrogens is 367 g/mol. The molecule has 1 aliphatic carbocycles. The number of anilines is 1. The average Bonchev–Trinajstić information content (AvgIpc) is 3.47. The summed E-state index contributed by atoms with van der Waals surface area (Å²) >= 11 is 0. The Morgan fingerprint density at radius 3 is 2.43 bits per heavy atom. The lowest BCUT2D eigenvalue weighted by atomic mass is 10.0. The Morgan fingerprint density at radius 1 is 0.929 bits per heavy atom. The van der Waals surface area contributed by atoms with Gasteiger partial charge < -0.3 is 9.47 Å². The van der Waals surface area contributed by atoms with E-state index in [-0.39, 0.29) is 6.04 Å². The quantitative estimate of drug-likeness (QED) is 0.661. The molecule has 3 heterocycles. The highest BCUT2D eigenvalue weighted by Gasteiger charge is 2.33. The lowest BCUT2D eigenvalue weighted by Crippen LogP contribution is -2.35. The van der Waals surface area contributed by atoms with Gasteiger partial charge in [-0.05, 0) is 49.3 Å². The third-order valence-electron chi connectivity index (χ3n) is 5.77. The van der Waals surface area contributed by atoms with E-state index in [0.29, 0.717) is 24.8 Å². The summed E-state index contributed by atoms with van der Waals surface area (Å²) in [5.41, 5.74) is 2.63. The number of aromatic nitrogens is 4. The monoisotopic (exact) mass is 387 g/mol. The zero-order valence-corrected chi connectivity index (χ0v) is 15.2. The van der Waals surface area contributed by atoms with Gasteiger partial charge in [-0.2, -0.15) is 13.2 Å². The number of nitrogens with zero attached hydrogens (tertiary/aromatic N) is 5. The third-order valence-corrected chi connectivity index (χ3v) is 5.77. The summed E-state index contributed by atoms with van der Waals surface area (Å²) in [6, 6.07) is 7.87. The van der Waals surface area contributed by atoms with Crippen LogP contribution in [-0.4, -0.2) is 32.6 Å². The van der Waals surface area contributed by atoms with Gasteiger partial charge in [0.2, 0.25) is 0 Å². The number of imidazole rings is 1. The second-order valence-electron chi connectivity index (χ2n) is 7.65. The molecule has 2 fully saturated rings. The number of alkyl halides is 3. The van der Waals surface area contributed by atoms with Crippen molar-refractivity contribution in [3.05, 3.63) is 48.2 Å². The number of halogens is 3. The molecule has 0 amide bonds. The topological polar surface area (TPSA) is 46.8 Å². The largest absolute Gasteiger partial charge is 0.433 e. The molecule has 1 saturated heterocycles. The molecule has 3 aromatic rings. The van der Waals surface area contributed by atoms with Gasteiger partial charge in [-0.25, -0.2) is 15.0 Å². The minimum absolute atomic E-state index is 0.289. The lowest BCUT2D eigenvalue weighted by Gasteiger charge is -2.33. The van der Waals surface area contributed by atoms with Crippen LogP contribution in [0, 0.1) is 0 Å². The van der Waals surface area contributed by atoms with Crippen LogP contribution in [-0.2, 0) is 6.18 Å². The van der Waals surface area contributed by atoms with Crippen molar-refractivity contribution in [3.63, 3.8) is 0 Å². The summed E-state index contributed by atoms with van der Waals surface area (Å²) in [6.45, 7) is 1.30. The number of piperidine rings is 1. The molecule has 146 valence electrons. The maximum atomic E-state index is 12.9. The summed E-state index contributed by atoms with van der Waals surface area (Å²) in [6.07, 6.45) is 2.64. The van der Waals surface area contributed by atoms with Crippen molar-refractivity contribution in [1.29, 1.82) is 0 Å². The number of hydrogen-bond acceptors (Lipinski definition) is 4. The molecule has 5 rings (SSSR count). The first-order valence-corrected chi connectivity index (χ1v) is 9.60. The minimum atomic E-state index is -4.45. The Bertz CT molecular complexity index is 1000. The van der Waals surface area contributed by atoms with Crippen LogP contribution in [0.25, 0.3) is 11.0 Å². The van der Waals surface area contributed by atoms with E-state index in [4.69, 9.17) is 0 Å². The molecule has 5 nitrogen and oxygen atoms in total. The van der Waals surface area contributed by atoms with Crippen molar-refractivity contribution >= 4 is 16.9 Å². The van der Waals surface area contributed by atoms with E-state index < -0.39 is 11.9 Å². The zero-order valence-electron chi connectivity index (χ0n) is 15.2. The van der Waals surface area contributed by atoms with E-state index >= 15 is 0 Å². The first-order valence-electron chi connectivity index (χ1n) is 9.60. The van der Waals surface area contributed by atoms with Crippen molar-refractivity contribution in [2.24, 2.45) is 0 Å². The van der Waals surface area contributed by atoms with Crippen molar-refractivity contribution in [3.8, 4) is 0 Å². The van der Waals surface area contributed by atoms with Gasteiger partial charge in [0.05, 0.1) is 17.4 Å². The van der Waals surface area contributed by atoms with E-state index in [0.717, 1.165) is 36.3 Å². The van der Waals surface area contributed by atoms with Gasteiger partial charge in [-0.3, -0.25) is 0 Å². The fraction of sp³-hybridized carbons (Fsp3) is 0.450. The average molecular weight is 387 g/mol. The Hall–Kier alpha value is -2.64. The first-order chi connectivity index (χ1) is 13.5. The highest BCUT2D eigenvalue weighted by atomic mass is 19.4. The van der Waals surface area contributed by atoms with Gasteiger partial charge in [-0.15, -0.1) is 0 Å². The Labute approximate surface area is 160 Å². The Morgan fingerprint density at radius 2 is 1.71 bits per heavy atom. The highest BCUT2D eigenvalue weighted by Crippen LogP contribution is 2.41. The Balaban J connectivity index is 1.32. The van der Waals surface area contributed by atoms with Crippen LogP contribution < -0.4 is 4.90 Å². The van der Waals surface area contributed by atoms with Crippen LogP contribution in [0.3, 0.4) is 0 Å². The summed E-state index contributed by atoms with van der Waals surface area (Å²) in [5.74, 6) is 1.04. The van der Waals surface area contributed by atoms with Crippen molar-refractivity contribution in [2.45, 2.75) is 43.8 Å². The Kier molecular flexibility index (Phi) is 4.03. The molecule has 28 heavy (non-hydrogen) atoms. The maximum Gasteiger partial charge on any atom is 0.433 e. The van der Waals surface area contributed by atoms with Crippen LogP contribution in [0.5, 0.6) is 0 Å². The molecule has 1 aliphatic heterocycles. The number of rotatable bonds is 3. The molecule has 0 unspecified atom stereocenters. The van der Waals surface area contributed by atoms with Gasteiger partial charge >= 0.3 is 6.18 Å². The lowest BCUT2D eigenvalue weighted by molar-refractivity contribution is -0.141. The van der Waals surface area contributed by atoms with E-state index in [1.54, 1.807) is 0 Å². The predicted molar refractivity (Wildman–Crippen MR) is 99.2 cm³/mol. The van der Waals surface area contributed by atoms with Crippen LogP contribution in [0.1, 0.15) is 48.9 Å². The molecule has 1 saturated carbocycles. The maximum absolute atomic E-state index is 12.9. The normalized spacial score (nSPS) is 18.8. The second-order valence-corrected chi connectivity index (χ2v) is 7.65. The van der Waals surface area contributed by atoms with Gasteiger partial charge in [0.1, 0.15) is 17.8 Å². The molecular formula is C20H20F3N5. The summed E-state index contributed by atoms with van der Waals surface area (Å²) in [4.78, 5) is 13.9. The summed E-state index contributed by atoms with van der Waals surface area (Å²) in [7, 11) is 0. The van der Waals surface area contributed by atoms with Crippen molar-refractivity contribution in [1.82, 2.24) is 19.5 Å². The minimum Gasteiger partial charge on any atom is -0.356 e. The molecule has 2 aliphatic rings. The molecule has 0 radical (unpaired) electrons. The molecule has 2 aromatic heterocycles. The van der Waals surface area contributed by atoms with Gasteiger partial charge in [0.25, 0.3) is 0 Å². The van der Waals surface area contributed by atoms with E-state index in [1.165, 1.54) is 18.4 Å². The van der Waals surface area contributed by atoms with Crippen molar-refractivity contribution in [2.75, 3.05) is 18.0 Å². The number of benzene rings is 1. The standard InChI is InChI=1S/C20H20F3N5/c21-20(22,23)18-10-19(25-11-24-18)27-7-5-15(6-8-27)28-12-26-16-9-14(13-1-2-13)3-4-17(16)28/h3-4,9-13,15H,1-2,5-8H2. The van der Waals surface area contributed by atoms with Gasteiger partial charge in [-0.1, -0.05) is 6.07 Å². The SMILES string of the molecule is FC(F)(F)c1cc(N2CCC(n3cnc4cc(C5CC5)ccc43)CC2)ncn1. The van der Waals surface area contributed by atoms with Crippen molar-refractivity contribution < 1.29 is 13.2 Å². The number of fused-ring (bicyclic) bond motifs is 1. The van der Waals surface area contributed by atoms with E-state index in [9.17, 15) is 13.2 Å². The predicted octanol–water partition coefficient (Wildman–Crippen LogP) is 4.56. The fourth-order valence-corrected chi connectivity index (χ4v) is 4.06.